The van der Waals surface area contributed by atoms with E-state index in [4.69, 9.17) is 21.8 Å². The fourth-order valence-electron chi connectivity index (χ4n) is 3.75. The number of halogens is 1. The number of rotatable bonds is 3. The minimum Gasteiger partial charge on any atom is -0.323 e. The van der Waals surface area contributed by atoms with Gasteiger partial charge in [0.25, 0.3) is 0 Å². The van der Waals surface area contributed by atoms with Gasteiger partial charge in [-0.1, -0.05) is 0 Å². The predicted molar refractivity (Wildman–Crippen MR) is 93.7 cm³/mol. The molecular weight excluding hydrogens is 328 g/mol. The summed E-state index contributed by atoms with van der Waals surface area (Å²) in [5.74, 6) is 1.90. The summed E-state index contributed by atoms with van der Waals surface area (Å²) in [7, 11) is 0. The van der Waals surface area contributed by atoms with Crippen LogP contribution in [-0.2, 0) is 5.88 Å². The van der Waals surface area contributed by atoms with Crippen LogP contribution < -0.4 is 0 Å². The van der Waals surface area contributed by atoms with Crippen LogP contribution in [0.2, 0.25) is 0 Å². The summed E-state index contributed by atoms with van der Waals surface area (Å²) in [6.07, 6.45) is 6.95. The molecule has 0 atom stereocenters. The predicted octanol–water partition coefficient (Wildman–Crippen LogP) is 5.03. The summed E-state index contributed by atoms with van der Waals surface area (Å²) in [5.41, 5.74) is 3.15. The standard InChI is InChI=1S/C17H17ClN4S/c18-9-15-21-14-10-20-13-6-8-23-17(13)16(14)22(15)12-3-1-11(2-4-12)5-7-19/h6,8,10-12H,1-5,9H2/t11-,12-. The van der Waals surface area contributed by atoms with Crippen LogP contribution >= 0.6 is 22.9 Å². The highest BCUT2D eigenvalue weighted by molar-refractivity contribution is 7.18. The molecule has 0 bridgehead atoms. The molecule has 4 nitrogen and oxygen atoms in total. The third-order valence-electron chi connectivity index (χ3n) is 4.88. The number of imidazole rings is 1. The van der Waals surface area contributed by atoms with Crippen molar-refractivity contribution < 1.29 is 0 Å². The van der Waals surface area contributed by atoms with E-state index in [0.717, 1.165) is 42.5 Å². The van der Waals surface area contributed by atoms with E-state index in [1.165, 1.54) is 10.2 Å². The average molecular weight is 345 g/mol. The highest BCUT2D eigenvalue weighted by atomic mass is 35.5. The number of pyridine rings is 1. The van der Waals surface area contributed by atoms with E-state index in [0.29, 0.717) is 24.3 Å². The lowest BCUT2D eigenvalue weighted by Gasteiger charge is -2.29. The molecule has 1 aliphatic rings. The average Bonchev–Trinajstić information content (AvgIpc) is 3.19. The molecule has 0 aromatic carbocycles. The Kier molecular flexibility index (Phi) is 3.96. The summed E-state index contributed by atoms with van der Waals surface area (Å²) in [6.45, 7) is 0. The Hall–Kier alpha value is -1.64. The molecule has 0 saturated heterocycles. The molecule has 0 aliphatic heterocycles. The number of nitrogens with zero attached hydrogens (tertiary/aromatic N) is 4. The highest BCUT2D eigenvalue weighted by Crippen LogP contribution is 2.39. The molecule has 3 aromatic rings. The number of nitriles is 1. The minimum absolute atomic E-state index is 0.416. The van der Waals surface area contributed by atoms with Crippen molar-refractivity contribution in [3.63, 3.8) is 0 Å². The van der Waals surface area contributed by atoms with Crippen molar-refractivity contribution in [3.8, 4) is 6.07 Å². The molecule has 4 rings (SSSR count). The van der Waals surface area contributed by atoms with Crippen LogP contribution in [0, 0.1) is 17.2 Å². The van der Waals surface area contributed by atoms with Gasteiger partial charge >= 0.3 is 0 Å². The second-order valence-corrected chi connectivity index (χ2v) is 7.38. The van der Waals surface area contributed by atoms with Crippen molar-refractivity contribution in [3.05, 3.63) is 23.5 Å². The Morgan fingerprint density at radius 3 is 2.87 bits per heavy atom. The van der Waals surface area contributed by atoms with E-state index >= 15 is 0 Å². The van der Waals surface area contributed by atoms with Crippen LogP contribution in [0.4, 0.5) is 0 Å². The number of aromatic nitrogens is 3. The number of hydrogen-bond acceptors (Lipinski definition) is 4. The van der Waals surface area contributed by atoms with Gasteiger partial charge in [0, 0.05) is 12.5 Å². The Bertz CT molecular complexity index is 883. The van der Waals surface area contributed by atoms with Gasteiger partial charge in [0.2, 0.25) is 0 Å². The van der Waals surface area contributed by atoms with Crippen LogP contribution in [-0.4, -0.2) is 14.5 Å². The van der Waals surface area contributed by atoms with E-state index in [1.54, 1.807) is 11.3 Å². The van der Waals surface area contributed by atoms with Gasteiger partial charge in [0.15, 0.2) is 0 Å². The molecule has 0 radical (unpaired) electrons. The fourth-order valence-corrected chi connectivity index (χ4v) is 4.83. The SMILES string of the molecule is N#CC[C@H]1CC[C@H](n2c(CCl)nc3cnc4ccsc4c32)CC1. The van der Waals surface area contributed by atoms with Crippen molar-refractivity contribution in [2.45, 2.75) is 44.0 Å². The van der Waals surface area contributed by atoms with Gasteiger partial charge < -0.3 is 4.57 Å². The Labute approximate surface area is 143 Å². The molecule has 1 saturated carbocycles. The molecule has 0 amide bonds. The van der Waals surface area contributed by atoms with Crippen molar-refractivity contribution in [1.29, 1.82) is 5.26 Å². The molecule has 23 heavy (non-hydrogen) atoms. The lowest BCUT2D eigenvalue weighted by atomic mass is 9.84. The minimum atomic E-state index is 0.416. The first-order valence-corrected chi connectivity index (χ1v) is 9.39. The topological polar surface area (TPSA) is 54.5 Å². The molecular formula is C17H17ClN4S. The highest BCUT2D eigenvalue weighted by Gasteiger charge is 2.26. The molecule has 0 N–H and O–H groups in total. The van der Waals surface area contributed by atoms with E-state index < -0.39 is 0 Å². The molecule has 118 valence electrons. The van der Waals surface area contributed by atoms with Crippen LogP contribution in [0.5, 0.6) is 0 Å². The summed E-state index contributed by atoms with van der Waals surface area (Å²) < 4.78 is 3.55. The Balaban J connectivity index is 1.79. The first-order chi connectivity index (χ1) is 11.3. The van der Waals surface area contributed by atoms with Crippen LogP contribution in [0.3, 0.4) is 0 Å². The number of fused-ring (bicyclic) bond motifs is 3. The third kappa shape index (κ3) is 2.50. The van der Waals surface area contributed by atoms with Crippen molar-refractivity contribution in [2.24, 2.45) is 5.92 Å². The summed E-state index contributed by atoms with van der Waals surface area (Å²) in [5, 5.41) is 11.0. The van der Waals surface area contributed by atoms with Crippen LogP contribution in [0.1, 0.15) is 44.0 Å². The largest absolute Gasteiger partial charge is 0.323 e. The molecule has 1 fully saturated rings. The van der Waals surface area contributed by atoms with Gasteiger partial charge in [-0.25, -0.2) is 4.98 Å². The van der Waals surface area contributed by atoms with Gasteiger partial charge in [0.05, 0.1) is 33.9 Å². The smallest absolute Gasteiger partial charge is 0.125 e. The molecule has 6 heteroatoms. The normalized spacial score (nSPS) is 21.7. The zero-order chi connectivity index (χ0) is 15.8. The van der Waals surface area contributed by atoms with Gasteiger partial charge in [-0.05, 0) is 43.0 Å². The van der Waals surface area contributed by atoms with Crippen molar-refractivity contribution in [1.82, 2.24) is 14.5 Å². The maximum Gasteiger partial charge on any atom is 0.125 e. The van der Waals surface area contributed by atoms with E-state index in [9.17, 15) is 0 Å². The second kappa shape index (κ2) is 6.10. The number of thiophene rings is 1. The summed E-state index contributed by atoms with van der Waals surface area (Å²) in [6, 6.07) is 4.80. The number of hydrogen-bond donors (Lipinski definition) is 0. The lowest BCUT2D eigenvalue weighted by Crippen LogP contribution is -2.19. The monoisotopic (exact) mass is 344 g/mol. The van der Waals surface area contributed by atoms with Gasteiger partial charge in [0.1, 0.15) is 11.3 Å². The molecule has 0 spiro atoms. The third-order valence-corrected chi connectivity index (χ3v) is 6.03. The zero-order valence-corrected chi connectivity index (χ0v) is 14.3. The lowest BCUT2D eigenvalue weighted by molar-refractivity contribution is 0.279. The van der Waals surface area contributed by atoms with Gasteiger partial charge in [-0.2, -0.15) is 5.26 Å². The Morgan fingerprint density at radius 2 is 2.13 bits per heavy atom. The Morgan fingerprint density at radius 1 is 1.30 bits per heavy atom. The first-order valence-electron chi connectivity index (χ1n) is 7.97. The molecule has 1 aliphatic carbocycles. The zero-order valence-electron chi connectivity index (χ0n) is 12.7. The molecule has 3 heterocycles. The molecule has 3 aromatic heterocycles. The van der Waals surface area contributed by atoms with E-state index in [2.05, 4.69) is 27.1 Å². The maximum atomic E-state index is 8.90. The summed E-state index contributed by atoms with van der Waals surface area (Å²) >= 11 is 7.90. The quantitative estimate of drug-likeness (QED) is 0.626. The van der Waals surface area contributed by atoms with E-state index in [1.807, 2.05) is 6.20 Å². The maximum absolute atomic E-state index is 8.90. The van der Waals surface area contributed by atoms with Crippen molar-refractivity contribution in [2.75, 3.05) is 0 Å². The number of alkyl halides is 1. The summed E-state index contributed by atoms with van der Waals surface area (Å²) in [4.78, 5) is 9.21. The van der Waals surface area contributed by atoms with Crippen LogP contribution in [0.25, 0.3) is 21.3 Å². The van der Waals surface area contributed by atoms with Gasteiger partial charge in [-0.15, -0.1) is 22.9 Å². The van der Waals surface area contributed by atoms with E-state index in [-0.39, 0.29) is 0 Å². The second-order valence-electron chi connectivity index (χ2n) is 6.20. The van der Waals surface area contributed by atoms with Crippen LogP contribution in [0.15, 0.2) is 17.6 Å². The molecule has 0 unspecified atom stereocenters. The van der Waals surface area contributed by atoms with Gasteiger partial charge in [-0.3, -0.25) is 4.98 Å². The fraction of sp³-hybridized carbons (Fsp3) is 0.471. The van der Waals surface area contributed by atoms with Crippen molar-refractivity contribution >= 4 is 44.2 Å². The first kappa shape index (κ1) is 14.9.